The van der Waals surface area contributed by atoms with Crippen molar-refractivity contribution in [3.05, 3.63) is 0 Å². The molecule has 0 saturated heterocycles. The third-order valence-electron chi connectivity index (χ3n) is 0. The first-order valence-electron chi connectivity index (χ1n) is 0. The molecule has 0 amide bonds. The molecule has 0 radical (unpaired) electrons. The van der Waals surface area contributed by atoms with E-state index in [4.69, 9.17) is 0 Å². The summed E-state index contributed by atoms with van der Waals surface area (Å²) in [5.41, 5.74) is 0. The molecule has 9 heavy (non-hydrogen) atoms. The van der Waals surface area contributed by atoms with Gasteiger partial charge in [0, 0.05) is 0 Å². The standard InChI is InChI=1S/5O.2H4Si.2V/h;;;;;2*1H4;;/q5*-2;;;2*+5. The zero-order valence-electron chi connectivity index (χ0n) is 2.94. The fourth-order valence-corrected chi connectivity index (χ4v) is 0. The minimum atomic E-state index is 0. The van der Waals surface area contributed by atoms with Gasteiger partial charge in [-0.2, -0.15) is 0 Å². The van der Waals surface area contributed by atoms with Crippen molar-refractivity contribution in [2.24, 2.45) is 0 Å². The summed E-state index contributed by atoms with van der Waals surface area (Å²) in [6.07, 6.45) is 0. The van der Waals surface area contributed by atoms with E-state index in [1.165, 1.54) is 0 Å². The minimum Gasteiger partial charge on any atom is -2.00 e. The second kappa shape index (κ2) is 337. The average Bonchev–Trinajstić information content (AvgIpc) is 0. The molecule has 0 spiro atoms. The van der Waals surface area contributed by atoms with Gasteiger partial charge >= 0.3 is 37.1 Å². The Kier molecular flexibility index (Phi) is 17500. The first-order chi connectivity index (χ1) is 0. The maximum atomic E-state index is 0. The Hall–Kier alpha value is 1.40. The molecule has 0 aliphatic carbocycles. The molecule has 0 fully saturated rings. The van der Waals surface area contributed by atoms with Crippen LogP contribution in [0.3, 0.4) is 0 Å². The van der Waals surface area contributed by atoms with E-state index in [9.17, 15) is 0 Å². The van der Waals surface area contributed by atoms with Gasteiger partial charge in [-0.15, -0.1) is 0 Å². The van der Waals surface area contributed by atoms with Crippen molar-refractivity contribution < 1.29 is 64.5 Å². The molecule has 0 aliphatic rings. The van der Waals surface area contributed by atoms with E-state index in [0.29, 0.717) is 0 Å². The van der Waals surface area contributed by atoms with Gasteiger partial charge in [0.15, 0.2) is 0 Å². The van der Waals surface area contributed by atoms with E-state index in [2.05, 4.69) is 0 Å². The van der Waals surface area contributed by atoms with Gasteiger partial charge in [0.25, 0.3) is 0 Å². The van der Waals surface area contributed by atoms with Crippen molar-refractivity contribution in [3.8, 4) is 0 Å². The summed E-state index contributed by atoms with van der Waals surface area (Å²) in [5, 5.41) is 0. The van der Waals surface area contributed by atoms with Crippen molar-refractivity contribution >= 4 is 21.9 Å². The zero-order valence-corrected chi connectivity index (χ0v) is 5.73. The summed E-state index contributed by atoms with van der Waals surface area (Å²) in [4.78, 5) is 0. The molecule has 0 aromatic rings. The van der Waals surface area contributed by atoms with Crippen LogP contribution in [0.5, 0.6) is 0 Å². The van der Waals surface area contributed by atoms with Gasteiger partial charge in [-0.3, -0.25) is 0 Å². The maximum absolute atomic E-state index is 0. The minimum absolute atomic E-state index is 0. The largest absolute Gasteiger partial charge is 5.00 e. The van der Waals surface area contributed by atoms with Gasteiger partial charge in [-0.25, -0.2) is 0 Å². The van der Waals surface area contributed by atoms with Crippen molar-refractivity contribution in [3.63, 3.8) is 0 Å². The van der Waals surface area contributed by atoms with Crippen LogP contribution in [-0.4, -0.2) is 21.9 Å². The first-order valence-corrected chi connectivity index (χ1v) is 0. The Morgan fingerprint density at radius 3 is 0.333 bits per heavy atom. The topological polar surface area (TPSA) is 142 Å². The first kappa shape index (κ1) is 467. The summed E-state index contributed by atoms with van der Waals surface area (Å²) < 4.78 is 0. The summed E-state index contributed by atoms with van der Waals surface area (Å²) in [5.74, 6) is 0. The predicted molar refractivity (Wildman–Crippen MR) is 26.1 cm³/mol. The SMILES string of the molecule is [O-2].[O-2].[O-2].[O-2].[O-2].[SiH4].[SiH4].[V+5].[V+5]. The van der Waals surface area contributed by atoms with E-state index < -0.39 is 0 Å². The molecule has 0 N–H and O–H groups in total. The van der Waals surface area contributed by atoms with Gasteiger partial charge in [-0.1, -0.05) is 0 Å². The van der Waals surface area contributed by atoms with Crippen LogP contribution in [0, 0.1) is 0 Å². The Morgan fingerprint density at radius 2 is 0.333 bits per heavy atom. The second-order valence-electron chi connectivity index (χ2n) is 0. The number of hydrogen-bond acceptors (Lipinski definition) is 0. The summed E-state index contributed by atoms with van der Waals surface area (Å²) >= 11 is 0. The molecule has 5 nitrogen and oxygen atoms in total. The Balaban J connectivity index is 0. The van der Waals surface area contributed by atoms with E-state index in [1.54, 1.807) is 0 Å². The Morgan fingerprint density at radius 1 is 0.333 bits per heavy atom. The molecule has 0 aromatic carbocycles. The van der Waals surface area contributed by atoms with Crippen LogP contribution in [-0.2, 0) is 64.5 Å². The Labute approximate surface area is 86.3 Å². The molecule has 0 heterocycles. The monoisotopic (exact) mass is 246 g/mol. The van der Waals surface area contributed by atoms with Crippen LogP contribution in [0.25, 0.3) is 0 Å². The molecule has 0 aliphatic heterocycles. The number of rotatable bonds is 0. The van der Waals surface area contributed by atoms with Crippen LogP contribution in [0.2, 0.25) is 0 Å². The van der Waals surface area contributed by atoms with Crippen LogP contribution in [0.1, 0.15) is 0 Å². The summed E-state index contributed by atoms with van der Waals surface area (Å²) in [7, 11) is 0. The quantitative estimate of drug-likeness (QED) is 0.391. The van der Waals surface area contributed by atoms with Crippen LogP contribution in [0.4, 0.5) is 0 Å². The fourth-order valence-electron chi connectivity index (χ4n) is 0. The normalized spacial score (nSPS) is 0. The van der Waals surface area contributed by atoms with Gasteiger partial charge in [0.2, 0.25) is 0 Å². The van der Waals surface area contributed by atoms with Gasteiger partial charge in [0.05, 0.1) is 0 Å². The van der Waals surface area contributed by atoms with Crippen molar-refractivity contribution in [2.75, 3.05) is 0 Å². The molecule has 0 saturated carbocycles. The zero-order chi connectivity index (χ0) is 0. The van der Waals surface area contributed by atoms with E-state index in [1.807, 2.05) is 0 Å². The van der Waals surface area contributed by atoms with Crippen molar-refractivity contribution in [2.45, 2.75) is 0 Å². The van der Waals surface area contributed by atoms with Crippen molar-refractivity contribution in [1.82, 2.24) is 0 Å². The molecule has 0 bridgehead atoms. The smallest absolute Gasteiger partial charge is 2.00 e. The van der Waals surface area contributed by atoms with E-state index in [-0.39, 0.29) is 86.4 Å². The van der Waals surface area contributed by atoms with Gasteiger partial charge < -0.3 is 27.4 Å². The molecule has 56 valence electrons. The fraction of sp³-hybridized carbons (Fsp3) is 0. The summed E-state index contributed by atoms with van der Waals surface area (Å²) in [6.45, 7) is 0. The van der Waals surface area contributed by atoms with Crippen molar-refractivity contribution in [1.29, 1.82) is 0 Å². The van der Waals surface area contributed by atoms with Crippen LogP contribution < -0.4 is 0 Å². The molecule has 9 heteroatoms. The molecular formula is H8O5Si2V2. The molecule has 0 rings (SSSR count). The molecule has 0 unspecified atom stereocenters. The van der Waals surface area contributed by atoms with E-state index in [0.717, 1.165) is 0 Å². The number of hydrogen-bond donors (Lipinski definition) is 0. The van der Waals surface area contributed by atoms with E-state index >= 15 is 0 Å². The van der Waals surface area contributed by atoms with Crippen LogP contribution >= 0.6 is 0 Å². The average molecular weight is 246 g/mol. The third kappa shape index (κ3) is 262. The van der Waals surface area contributed by atoms with Gasteiger partial charge in [-0.05, 0) is 21.9 Å². The molecule has 0 aromatic heterocycles. The van der Waals surface area contributed by atoms with Crippen LogP contribution in [0.15, 0.2) is 0 Å². The van der Waals surface area contributed by atoms with Gasteiger partial charge in [0.1, 0.15) is 0 Å². The maximum Gasteiger partial charge on any atom is 5.00 e. The predicted octanol–water partition coefficient (Wildman–Crippen LogP) is -3.50. The molecular weight excluding hydrogens is 238 g/mol. The summed E-state index contributed by atoms with van der Waals surface area (Å²) in [6, 6.07) is 0. The Bertz CT molecular complexity index is 12.9. The second-order valence-corrected chi connectivity index (χ2v) is 0. The molecule has 0 atom stereocenters. The third-order valence-corrected chi connectivity index (χ3v) is 0.